The van der Waals surface area contributed by atoms with Crippen LogP contribution in [0.3, 0.4) is 0 Å². The van der Waals surface area contributed by atoms with Crippen LogP contribution in [0.25, 0.3) is 0 Å². The summed E-state index contributed by atoms with van der Waals surface area (Å²) < 4.78 is 5.37. The molecule has 21 heavy (non-hydrogen) atoms. The van der Waals surface area contributed by atoms with Crippen molar-refractivity contribution >= 4 is 41.5 Å². The van der Waals surface area contributed by atoms with Crippen molar-refractivity contribution in [3.63, 3.8) is 0 Å². The summed E-state index contributed by atoms with van der Waals surface area (Å²) >= 11 is 6.05. The Morgan fingerprint density at radius 2 is 1.67 bits per heavy atom. The maximum absolute atomic E-state index is 12.2. The predicted molar refractivity (Wildman–Crippen MR) is 89.8 cm³/mol. The molecule has 0 aromatic heterocycles. The molecule has 0 amide bonds. The molecule has 4 heteroatoms. The molecule has 0 aliphatic heterocycles. The number of esters is 1. The van der Waals surface area contributed by atoms with Crippen LogP contribution in [0.5, 0.6) is 0 Å². The fourth-order valence-corrected chi connectivity index (χ4v) is 2.52. The number of carbonyl (C=O) groups is 1. The molecular weight excluding hydrogens is 390 g/mol. The quantitative estimate of drug-likeness (QED) is 0.571. The number of benzene rings is 2. The van der Waals surface area contributed by atoms with Gasteiger partial charge in [-0.15, -0.1) is 0 Å². The van der Waals surface area contributed by atoms with E-state index in [0.29, 0.717) is 10.6 Å². The Bertz CT molecular complexity index is 630. The number of ether oxygens (including phenoxy) is 1. The van der Waals surface area contributed by atoms with E-state index in [1.165, 1.54) is 0 Å². The van der Waals surface area contributed by atoms with Gasteiger partial charge in [-0.05, 0) is 38.0 Å². The Kier molecular flexibility index (Phi) is 6.75. The third-order valence-corrected chi connectivity index (χ3v) is 3.57. The number of aryl methyl sites for hydroxylation is 3. The van der Waals surface area contributed by atoms with Gasteiger partial charge in [0, 0.05) is 10.6 Å². The summed E-state index contributed by atoms with van der Waals surface area (Å²) in [6, 6.07) is 11.3. The van der Waals surface area contributed by atoms with Crippen molar-refractivity contribution in [3.8, 4) is 0 Å². The Morgan fingerprint density at radius 1 is 1.10 bits per heavy atom. The van der Waals surface area contributed by atoms with E-state index < -0.39 is 0 Å². The van der Waals surface area contributed by atoms with Crippen molar-refractivity contribution in [2.75, 3.05) is 0 Å². The van der Waals surface area contributed by atoms with Crippen molar-refractivity contribution in [1.29, 1.82) is 0 Å². The summed E-state index contributed by atoms with van der Waals surface area (Å²) in [5.74, 6) is -0.306. The summed E-state index contributed by atoms with van der Waals surface area (Å²) in [4.78, 5) is 12.2. The van der Waals surface area contributed by atoms with Crippen molar-refractivity contribution in [2.24, 2.45) is 0 Å². The Labute approximate surface area is 147 Å². The number of halogens is 1. The summed E-state index contributed by atoms with van der Waals surface area (Å²) in [6.45, 7) is 6.04. The molecule has 0 unspecified atom stereocenters. The second-order valence-corrected chi connectivity index (χ2v) is 5.35. The van der Waals surface area contributed by atoms with E-state index in [2.05, 4.69) is 0 Å². The first-order chi connectivity index (χ1) is 9.49. The van der Waals surface area contributed by atoms with Gasteiger partial charge in [0.15, 0.2) is 0 Å². The van der Waals surface area contributed by atoms with Gasteiger partial charge in [0.05, 0.1) is 5.56 Å². The first kappa shape index (κ1) is 18.0. The van der Waals surface area contributed by atoms with E-state index >= 15 is 0 Å². The normalized spacial score (nSPS) is 9.90. The van der Waals surface area contributed by atoms with Gasteiger partial charge in [-0.2, -0.15) is 0 Å². The van der Waals surface area contributed by atoms with E-state index in [9.17, 15) is 4.79 Å². The maximum atomic E-state index is 12.2. The molecule has 2 aromatic rings. The van der Waals surface area contributed by atoms with Crippen molar-refractivity contribution in [2.45, 2.75) is 27.4 Å². The van der Waals surface area contributed by atoms with E-state index in [4.69, 9.17) is 16.3 Å². The van der Waals surface area contributed by atoms with Gasteiger partial charge in [-0.25, -0.2) is 4.79 Å². The minimum absolute atomic E-state index is 0. The van der Waals surface area contributed by atoms with Crippen LogP contribution < -0.4 is 0 Å². The average molecular weight is 410 g/mol. The van der Waals surface area contributed by atoms with Gasteiger partial charge in [-0.1, -0.05) is 47.5 Å². The van der Waals surface area contributed by atoms with Gasteiger partial charge in [0.2, 0.25) is 0 Å². The summed E-state index contributed by atoms with van der Waals surface area (Å²) in [6.07, 6.45) is 0. The summed E-state index contributed by atoms with van der Waals surface area (Å²) in [5.41, 5.74) is 4.47. The molecule has 0 atom stereocenters. The number of hydrogen-bond donors (Lipinski definition) is 0. The van der Waals surface area contributed by atoms with Gasteiger partial charge in [-0.3, -0.25) is 0 Å². The van der Waals surface area contributed by atoms with Crippen LogP contribution in [-0.4, -0.2) is 29.9 Å². The Morgan fingerprint density at radius 3 is 2.24 bits per heavy atom. The van der Waals surface area contributed by atoms with Gasteiger partial charge in [0.1, 0.15) is 6.61 Å². The van der Waals surface area contributed by atoms with E-state index in [1.54, 1.807) is 6.07 Å². The van der Waals surface area contributed by atoms with E-state index in [1.807, 2.05) is 51.1 Å². The molecule has 2 aromatic carbocycles. The molecule has 0 aliphatic carbocycles. The molecule has 0 heterocycles. The Hall–Kier alpha value is -1.00. The van der Waals surface area contributed by atoms with Crippen molar-refractivity contribution in [1.82, 2.24) is 0 Å². The Balaban J connectivity index is 0.00000220. The average Bonchev–Trinajstić information content (AvgIpc) is 2.36. The van der Waals surface area contributed by atoms with Crippen LogP contribution in [0.1, 0.15) is 32.6 Å². The van der Waals surface area contributed by atoms with Crippen molar-refractivity contribution in [3.05, 3.63) is 69.2 Å². The topological polar surface area (TPSA) is 26.3 Å². The molecule has 0 fully saturated rings. The fraction of sp³-hybridized carbons (Fsp3) is 0.235. The molecule has 110 valence electrons. The number of carbonyl (C=O) groups excluding carboxylic acids is 1. The van der Waals surface area contributed by atoms with Crippen LogP contribution in [0.15, 0.2) is 36.4 Å². The van der Waals surface area contributed by atoms with Crippen LogP contribution in [0.2, 0.25) is 5.02 Å². The summed E-state index contributed by atoms with van der Waals surface area (Å²) in [5, 5.41) is 0.609. The third kappa shape index (κ3) is 4.48. The second-order valence-electron chi connectivity index (χ2n) is 4.94. The molecule has 2 radical (unpaired) electrons. The van der Waals surface area contributed by atoms with Crippen molar-refractivity contribution < 1.29 is 9.53 Å². The standard InChI is InChI=1S/C17H17ClO2.Sn.2H/c1-11-8-12(2)16(13(3)9-11)17(19)20-10-14-6-4-5-7-15(14)18;;;/h4-9H,10H2,1-3H3;;;. The number of rotatable bonds is 3. The van der Waals surface area contributed by atoms with Gasteiger partial charge in [0.25, 0.3) is 0 Å². The van der Waals surface area contributed by atoms with Crippen LogP contribution in [-0.2, 0) is 11.3 Å². The SMILES string of the molecule is Cc1cc(C)c(C(=O)OCc2ccccc2Cl)c(C)c1.[SnH2]. The molecule has 0 saturated heterocycles. The molecule has 0 bridgehead atoms. The fourth-order valence-electron chi connectivity index (χ4n) is 2.33. The van der Waals surface area contributed by atoms with E-state index in [0.717, 1.165) is 22.3 Å². The zero-order valence-corrected chi connectivity index (χ0v) is 17.4. The predicted octanol–water partition coefficient (Wildman–Crippen LogP) is 3.71. The van der Waals surface area contributed by atoms with Crippen LogP contribution in [0.4, 0.5) is 0 Å². The molecule has 0 spiro atoms. The zero-order valence-electron chi connectivity index (χ0n) is 12.6. The first-order valence-corrected chi connectivity index (χ1v) is 6.85. The van der Waals surface area contributed by atoms with E-state index in [-0.39, 0.29) is 36.5 Å². The molecular formula is C17H19ClO2Sn. The molecule has 0 aliphatic rings. The first-order valence-electron chi connectivity index (χ1n) is 6.47. The van der Waals surface area contributed by atoms with Gasteiger partial charge >= 0.3 is 29.9 Å². The molecule has 2 nitrogen and oxygen atoms in total. The third-order valence-electron chi connectivity index (χ3n) is 3.20. The molecule has 0 saturated carbocycles. The van der Waals surface area contributed by atoms with Crippen LogP contribution in [0, 0.1) is 20.8 Å². The second kappa shape index (κ2) is 7.85. The van der Waals surface area contributed by atoms with Crippen LogP contribution >= 0.6 is 11.6 Å². The minimum atomic E-state index is -0.306. The van der Waals surface area contributed by atoms with Gasteiger partial charge < -0.3 is 4.74 Å². The molecule has 0 N–H and O–H groups in total. The molecule has 2 rings (SSSR count). The monoisotopic (exact) mass is 410 g/mol. The summed E-state index contributed by atoms with van der Waals surface area (Å²) in [7, 11) is 0. The zero-order chi connectivity index (χ0) is 14.7. The number of hydrogen-bond acceptors (Lipinski definition) is 2.